The quantitative estimate of drug-likeness (QED) is 0.895. The Hall–Kier alpha value is -1.59. The molecular formula is C18H28N2O3. The van der Waals surface area contributed by atoms with E-state index >= 15 is 0 Å². The fraction of sp³-hybridized carbons (Fsp3) is 0.611. The van der Waals surface area contributed by atoms with Crippen molar-refractivity contribution in [2.24, 2.45) is 0 Å². The first-order valence-electron chi connectivity index (χ1n) is 8.11. The van der Waals surface area contributed by atoms with Gasteiger partial charge >= 0.3 is 6.09 Å². The van der Waals surface area contributed by atoms with Crippen molar-refractivity contribution in [3.8, 4) is 0 Å². The number of rotatable bonds is 4. The zero-order valence-electron chi connectivity index (χ0n) is 14.8. The Morgan fingerprint density at radius 3 is 2.61 bits per heavy atom. The van der Waals surface area contributed by atoms with Crippen molar-refractivity contribution in [1.82, 2.24) is 5.32 Å². The third-order valence-electron chi connectivity index (χ3n) is 3.56. The number of aliphatic hydroxyl groups is 1. The van der Waals surface area contributed by atoms with Crippen molar-refractivity contribution in [3.63, 3.8) is 0 Å². The van der Waals surface area contributed by atoms with Gasteiger partial charge < -0.3 is 15.2 Å². The third kappa shape index (κ3) is 4.94. The monoisotopic (exact) mass is 320 g/mol. The lowest BCUT2D eigenvalue weighted by atomic mass is 10.1. The van der Waals surface area contributed by atoms with Crippen LogP contribution in [0.5, 0.6) is 0 Å². The lowest BCUT2D eigenvalue weighted by Crippen LogP contribution is -2.37. The normalized spacial score (nSPS) is 14.8. The van der Waals surface area contributed by atoms with E-state index in [1.54, 1.807) is 18.7 Å². The maximum atomic E-state index is 12.5. The molecule has 0 saturated heterocycles. The summed E-state index contributed by atoms with van der Waals surface area (Å²) in [6, 6.07) is 6.08. The molecule has 1 heterocycles. The minimum atomic E-state index is -0.761. The van der Waals surface area contributed by atoms with Gasteiger partial charge in [0.1, 0.15) is 5.60 Å². The number of fused-ring (bicyclic) bond motifs is 1. The van der Waals surface area contributed by atoms with Crippen molar-refractivity contribution in [2.45, 2.75) is 58.8 Å². The molecule has 5 heteroatoms. The molecule has 0 bridgehead atoms. The highest BCUT2D eigenvalue weighted by Gasteiger charge is 2.30. The number of nitrogens with one attached hydrogen (secondary N) is 1. The van der Waals surface area contributed by atoms with Crippen LogP contribution in [0.4, 0.5) is 10.5 Å². The van der Waals surface area contributed by atoms with Crippen molar-refractivity contribution in [1.29, 1.82) is 0 Å². The topological polar surface area (TPSA) is 61.8 Å². The SMILES string of the molecule is CC(C)(O)CNCc1cccc2c1N(C(=O)OC(C)(C)C)CC2. The third-order valence-corrected chi connectivity index (χ3v) is 3.56. The molecule has 1 amide bonds. The van der Waals surface area contributed by atoms with Crippen molar-refractivity contribution >= 4 is 11.8 Å². The van der Waals surface area contributed by atoms with E-state index in [1.165, 1.54) is 5.56 Å². The molecule has 23 heavy (non-hydrogen) atoms. The van der Waals surface area contributed by atoms with E-state index in [-0.39, 0.29) is 6.09 Å². The van der Waals surface area contributed by atoms with Gasteiger partial charge in [0.25, 0.3) is 0 Å². The first-order valence-corrected chi connectivity index (χ1v) is 8.11. The number of carbonyl (C=O) groups is 1. The van der Waals surface area contributed by atoms with Crippen molar-refractivity contribution in [2.75, 3.05) is 18.0 Å². The second-order valence-electron chi connectivity index (χ2n) is 7.72. The van der Waals surface area contributed by atoms with Crippen molar-refractivity contribution in [3.05, 3.63) is 29.3 Å². The first kappa shape index (κ1) is 17.8. The molecule has 2 N–H and O–H groups in total. The number of ether oxygens (including phenoxy) is 1. The van der Waals surface area contributed by atoms with Crippen LogP contribution in [0.15, 0.2) is 18.2 Å². The maximum absolute atomic E-state index is 12.5. The second kappa shape index (κ2) is 6.49. The molecule has 5 nitrogen and oxygen atoms in total. The summed E-state index contributed by atoms with van der Waals surface area (Å²) in [5, 5.41) is 13.1. The average molecular weight is 320 g/mol. The Balaban J connectivity index is 2.15. The highest BCUT2D eigenvalue weighted by Crippen LogP contribution is 2.33. The van der Waals surface area contributed by atoms with Crippen LogP contribution in [-0.2, 0) is 17.7 Å². The molecule has 0 atom stereocenters. The second-order valence-corrected chi connectivity index (χ2v) is 7.72. The van der Waals surface area contributed by atoms with Crippen molar-refractivity contribution < 1.29 is 14.6 Å². The number of benzene rings is 1. The molecule has 128 valence electrons. The van der Waals surface area contributed by atoms with E-state index in [0.717, 1.165) is 17.7 Å². The number of para-hydroxylation sites is 1. The number of hydrogen-bond acceptors (Lipinski definition) is 4. The van der Waals surface area contributed by atoms with Crippen LogP contribution in [0.3, 0.4) is 0 Å². The summed E-state index contributed by atoms with van der Waals surface area (Å²) in [6.45, 7) is 10.9. The standard InChI is InChI=1S/C18H28N2O3/c1-17(2,3)23-16(21)20-10-9-13-7-6-8-14(15(13)20)11-19-12-18(4,5)22/h6-8,19,22H,9-12H2,1-5H3. The van der Waals surface area contributed by atoms with Gasteiger partial charge in [-0.25, -0.2) is 4.79 Å². The van der Waals surface area contributed by atoms with E-state index in [4.69, 9.17) is 4.74 Å². The van der Waals surface area contributed by atoms with Gasteiger partial charge in [-0.2, -0.15) is 0 Å². The lowest BCUT2D eigenvalue weighted by Gasteiger charge is -2.26. The molecule has 1 aromatic rings. The molecule has 0 aliphatic carbocycles. The summed E-state index contributed by atoms with van der Waals surface area (Å²) >= 11 is 0. The molecule has 0 unspecified atom stereocenters. The predicted molar refractivity (Wildman–Crippen MR) is 91.7 cm³/mol. The zero-order valence-corrected chi connectivity index (χ0v) is 14.8. The van der Waals surface area contributed by atoms with E-state index in [0.29, 0.717) is 19.6 Å². The molecule has 0 saturated carbocycles. The number of hydrogen-bond donors (Lipinski definition) is 2. The fourth-order valence-corrected chi connectivity index (χ4v) is 2.68. The molecule has 0 radical (unpaired) electrons. The highest BCUT2D eigenvalue weighted by molar-refractivity contribution is 5.91. The van der Waals surface area contributed by atoms with Gasteiger partial charge in [-0.05, 0) is 52.2 Å². The molecule has 1 aliphatic heterocycles. The van der Waals surface area contributed by atoms with Crippen LogP contribution in [0.1, 0.15) is 45.7 Å². The molecule has 1 aromatic carbocycles. The maximum Gasteiger partial charge on any atom is 0.414 e. The van der Waals surface area contributed by atoms with E-state index in [2.05, 4.69) is 11.4 Å². The largest absolute Gasteiger partial charge is 0.443 e. The summed E-state index contributed by atoms with van der Waals surface area (Å²) in [7, 11) is 0. The molecule has 1 aliphatic rings. The Labute approximate surface area is 138 Å². The summed E-state index contributed by atoms with van der Waals surface area (Å²) < 4.78 is 5.52. The van der Waals surface area contributed by atoms with E-state index in [9.17, 15) is 9.90 Å². The minimum Gasteiger partial charge on any atom is -0.443 e. The van der Waals surface area contributed by atoms with Crippen LogP contribution in [0, 0.1) is 0 Å². The van der Waals surface area contributed by atoms with Crippen LogP contribution in [0.25, 0.3) is 0 Å². The Bertz CT molecular complexity index is 571. The summed E-state index contributed by atoms with van der Waals surface area (Å²) in [6.07, 6.45) is 0.541. The predicted octanol–water partition coefficient (Wildman–Crippen LogP) is 2.84. The van der Waals surface area contributed by atoms with E-state index in [1.807, 2.05) is 32.9 Å². The molecule has 0 aromatic heterocycles. The molecule has 0 fully saturated rings. The van der Waals surface area contributed by atoms with Gasteiger partial charge in [0, 0.05) is 19.6 Å². The molecular weight excluding hydrogens is 292 g/mol. The summed E-state index contributed by atoms with van der Waals surface area (Å²) in [5.74, 6) is 0. The summed E-state index contributed by atoms with van der Waals surface area (Å²) in [5.41, 5.74) is 1.90. The highest BCUT2D eigenvalue weighted by atomic mass is 16.6. The number of amides is 1. The van der Waals surface area contributed by atoms with E-state index < -0.39 is 11.2 Å². The number of carbonyl (C=O) groups excluding carboxylic acids is 1. The van der Waals surface area contributed by atoms with Crippen LogP contribution in [-0.4, -0.2) is 35.5 Å². The first-order chi connectivity index (χ1) is 10.6. The fourth-order valence-electron chi connectivity index (χ4n) is 2.68. The Morgan fingerprint density at radius 2 is 2.00 bits per heavy atom. The Kier molecular flexibility index (Phi) is 5.01. The summed E-state index contributed by atoms with van der Waals surface area (Å²) in [4.78, 5) is 14.2. The van der Waals surface area contributed by atoms with Gasteiger partial charge in [-0.3, -0.25) is 4.90 Å². The average Bonchev–Trinajstić information content (AvgIpc) is 2.80. The van der Waals surface area contributed by atoms with Gasteiger partial charge in [0.05, 0.1) is 11.3 Å². The lowest BCUT2D eigenvalue weighted by molar-refractivity contribution is 0.0583. The van der Waals surface area contributed by atoms with Gasteiger partial charge in [0.2, 0.25) is 0 Å². The van der Waals surface area contributed by atoms with Gasteiger partial charge in [0.15, 0.2) is 0 Å². The smallest absolute Gasteiger partial charge is 0.414 e. The van der Waals surface area contributed by atoms with Gasteiger partial charge in [-0.15, -0.1) is 0 Å². The Morgan fingerprint density at radius 1 is 1.30 bits per heavy atom. The van der Waals surface area contributed by atoms with Gasteiger partial charge in [-0.1, -0.05) is 18.2 Å². The molecule has 2 rings (SSSR count). The minimum absolute atomic E-state index is 0.300. The van der Waals surface area contributed by atoms with Crippen LogP contribution >= 0.6 is 0 Å². The number of nitrogens with zero attached hydrogens (tertiary/aromatic N) is 1. The van der Waals surface area contributed by atoms with Crippen LogP contribution < -0.4 is 10.2 Å². The molecule has 0 spiro atoms. The van der Waals surface area contributed by atoms with Crippen LogP contribution in [0.2, 0.25) is 0 Å². The number of anilines is 1. The zero-order chi connectivity index (χ0) is 17.3.